The molecule has 148 valence electrons. The minimum atomic E-state index is -3.71. The smallest absolute Gasteiger partial charge is 0.282 e. The van der Waals surface area contributed by atoms with E-state index < -0.39 is 20.9 Å². The van der Waals surface area contributed by atoms with Gasteiger partial charge in [0.25, 0.3) is 11.6 Å². The fraction of sp³-hybridized carbons (Fsp3) is 0.235. The van der Waals surface area contributed by atoms with Crippen LogP contribution in [0, 0.1) is 10.1 Å². The zero-order valence-electron chi connectivity index (χ0n) is 14.4. The van der Waals surface area contributed by atoms with Gasteiger partial charge in [-0.3, -0.25) is 14.9 Å². The first-order chi connectivity index (χ1) is 13.2. The highest BCUT2D eigenvalue weighted by Crippen LogP contribution is 2.25. The van der Waals surface area contributed by atoms with Crippen molar-refractivity contribution in [2.24, 2.45) is 0 Å². The fourth-order valence-electron chi connectivity index (χ4n) is 2.90. The second kappa shape index (κ2) is 8.04. The molecule has 0 radical (unpaired) electrons. The second-order valence-corrected chi connectivity index (χ2v) is 8.88. The Morgan fingerprint density at radius 2 is 1.54 bits per heavy atom. The molecular formula is C17H15Cl2N3O5S. The lowest BCUT2D eigenvalue weighted by Gasteiger charge is -2.34. The van der Waals surface area contributed by atoms with Gasteiger partial charge in [-0.05, 0) is 36.4 Å². The van der Waals surface area contributed by atoms with Crippen LogP contribution in [0.3, 0.4) is 0 Å². The Morgan fingerprint density at radius 3 is 2.11 bits per heavy atom. The molecule has 0 bridgehead atoms. The molecule has 11 heteroatoms. The van der Waals surface area contributed by atoms with E-state index in [0.29, 0.717) is 5.02 Å². The van der Waals surface area contributed by atoms with Crippen LogP contribution in [0.2, 0.25) is 10.0 Å². The lowest BCUT2D eigenvalue weighted by Crippen LogP contribution is -2.50. The summed E-state index contributed by atoms with van der Waals surface area (Å²) in [5.41, 5.74) is -0.461. The van der Waals surface area contributed by atoms with Crippen molar-refractivity contribution >= 4 is 44.8 Å². The summed E-state index contributed by atoms with van der Waals surface area (Å²) in [7, 11) is -3.71. The van der Waals surface area contributed by atoms with Crippen molar-refractivity contribution in [3.8, 4) is 0 Å². The molecule has 0 N–H and O–H groups in total. The normalized spacial score (nSPS) is 15.4. The van der Waals surface area contributed by atoms with Gasteiger partial charge in [0, 0.05) is 42.3 Å². The van der Waals surface area contributed by atoms with Crippen LogP contribution in [0.1, 0.15) is 10.4 Å². The van der Waals surface area contributed by atoms with Gasteiger partial charge >= 0.3 is 0 Å². The number of amides is 1. The molecule has 2 aromatic rings. The van der Waals surface area contributed by atoms with Gasteiger partial charge in [0.2, 0.25) is 10.0 Å². The molecule has 0 spiro atoms. The van der Waals surface area contributed by atoms with Crippen LogP contribution < -0.4 is 0 Å². The van der Waals surface area contributed by atoms with Gasteiger partial charge in [0.1, 0.15) is 5.56 Å². The van der Waals surface area contributed by atoms with Crippen molar-refractivity contribution in [3.63, 3.8) is 0 Å². The summed E-state index contributed by atoms with van der Waals surface area (Å²) in [5, 5.41) is 11.8. The Bertz CT molecular complexity index is 1020. The number of benzene rings is 2. The van der Waals surface area contributed by atoms with E-state index >= 15 is 0 Å². The molecule has 0 saturated carbocycles. The van der Waals surface area contributed by atoms with Crippen molar-refractivity contribution in [1.82, 2.24) is 9.21 Å². The topological polar surface area (TPSA) is 101 Å². The van der Waals surface area contributed by atoms with Crippen LogP contribution in [-0.4, -0.2) is 54.6 Å². The third-order valence-corrected chi connectivity index (χ3v) is 6.76. The Kier molecular flexibility index (Phi) is 5.90. The number of carbonyl (C=O) groups excluding carboxylic acids is 1. The molecule has 1 fully saturated rings. The minimum absolute atomic E-state index is 0.0745. The van der Waals surface area contributed by atoms with E-state index in [9.17, 15) is 23.3 Å². The van der Waals surface area contributed by atoms with Crippen molar-refractivity contribution in [2.45, 2.75) is 4.90 Å². The van der Waals surface area contributed by atoms with Crippen LogP contribution in [0.5, 0.6) is 0 Å². The van der Waals surface area contributed by atoms with Crippen LogP contribution in [0.15, 0.2) is 47.4 Å². The largest absolute Gasteiger partial charge is 0.336 e. The number of piperazine rings is 1. The van der Waals surface area contributed by atoms with Gasteiger partial charge in [-0.25, -0.2) is 8.42 Å². The summed E-state index contributed by atoms with van der Waals surface area (Å²) in [6.45, 7) is 0.362. The predicted molar refractivity (Wildman–Crippen MR) is 104 cm³/mol. The standard InChI is InChI=1S/C17H15Cl2N3O5S/c18-12-1-4-14(5-2-12)28(26,27)21-9-7-20(8-10-21)17(23)15-11-13(19)3-6-16(15)22(24)25/h1-6,11H,7-10H2. The van der Waals surface area contributed by atoms with Crippen molar-refractivity contribution < 1.29 is 18.1 Å². The second-order valence-electron chi connectivity index (χ2n) is 6.07. The summed E-state index contributed by atoms with van der Waals surface area (Å²) in [4.78, 5) is 24.7. The highest BCUT2D eigenvalue weighted by molar-refractivity contribution is 7.89. The van der Waals surface area contributed by atoms with E-state index in [4.69, 9.17) is 23.2 Å². The summed E-state index contributed by atoms with van der Waals surface area (Å²) in [5.74, 6) is -0.558. The minimum Gasteiger partial charge on any atom is -0.336 e. The molecule has 28 heavy (non-hydrogen) atoms. The summed E-state index contributed by atoms with van der Waals surface area (Å²) < 4.78 is 26.7. The lowest BCUT2D eigenvalue weighted by molar-refractivity contribution is -0.385. The van der Waals surface area contributed by atoms with Gasteiger partial charge < -0.3 is 4.90 Å². The maximum Gasteiger partial charge on any atom is 0.282 e. The molecule has 1 aliphatic rings. The first kappa shape index (κ1) is 20.5. The predicted octanol–water partition coefficient (Wildman–Crippen LogP) is 3.05. The van der Waals surface area contributed by atoms with E-state index in [2.05, 4.69) is 0 Å². The van der Waals surface area contributed by atoms with Gasteiger partial charge in [0.15, 0.2) is 0 Å². The van der Waals surface area contributed by atoms with Crippen LogP contribution in [0.25, 0.3) is 0 Å². The number of rotatable bonds is 4. The Balaban J connectivity index is 1.75. The molecule has 2 aromatic carbocycles. The van der Waals surface area contributed by atoms with Crippen molar-refractivity contribution in [2.75, 3.05) is 26.2 Å². The Morgan fingerprint density at radius 1 is 0.964 bits per heavy atom. The molecule has 1 heterocycles. The molecule has 0 unspecified atom stereocenters. The summed E-state index contributed by atoms with van der Waals surface area (Å²) in [6.07, 6.45) is 0. The van der Waals surface area contributed by atoms with Crippen LogP contribution >= 0.6 is 23.2 Å². The molecule has 3 rings (SSSR count). The van der Waals surface area contributed by atoms with E-state index in [-0.39, 0.29) is 47.3 Å². The zero-order chi connectivity index (χ0) is 20.5. The van der Waals surface area contributed by atoms with Crippen molar-refractivity contribution in [1.29, 1.82) is 0 Å². The van der Waals surface area contributed by atoms with Gasteiger partial charge in [-0.1, -0.05) is 23.2 Å². The average molecular weight is 444 g/mol. The average Bonchev–Trinajstić information content (AvgIpc) is 2.67. The number of carbonyl (C=O) groups is 1. The molecule has 1 aliphatic heterocycles. The molecular weight excluding hydrogens is 429 g/mol. The third-order valence-electron chi connectivity index (χ3n) is 4.36. The monoisotopic (exact) mass is 443 g/mol. The van der Waals surface area contributed by atoms with E-state index in [0.717, 1.165) is 0 Å². The maximum absolute atomic E-state index is 12.7. The molecule has 0 aromatic heterocycles. The first-order valence-electron chi connectivity index (χ1n) is 8.19. The lowest BCUT2D eigenvalue weighted by atomic mass is 10.1. The number of nitro benzene ring substituents is 1. The number of hydrogen-bond acceptors (Lipinski definition) is 5. The van der Waals surface area contributed by atoms with Crippen molar-refractivity contribution in [3.05, 3.63) is 68.2 Å². The number of nitrogens with zero attached hydrogens (tertiary/aromatic N) is 3. The van der Waals surface area contributed by atoms with E-state index in [1.165, 1.54) is 51.7 Å². The number of halogens is 2. The molecule has 8 nitrogen and oxygen atoms in total. The highest BCUT2D eigenvalue weighted by Gasteiger charge is 2.32. The Hall–Kier alpha value is -2.20. The summed E-state index contributed by atoms with van der Waals surface area (Å²) in [6, 6.07) is 9.59. The molecule has 0 aliphatic carbocycles. The number of nitro groups is 1. The number of hydrogen-bond donors (Lipinski definition) is 0. The maximum atomic E-state index is 12.7. The summed E-state index contributed by atoms with van der Waals surface area (Å²) >= 11 is 11.7. The zero-order valence-corrected chi connectivity index (χ0v) is 16.7. The van der Waals surface area contributed by atoms with Gasteiger partial charge in [-0.2, -0.15) is 4.31 Å². The van der Waals surface area contributed by atoms with E-state index in [1.54, 1.807) is 0 Å². The fourth-order valence-corrected chi connectivity index (χ4v) is 4.62. The van der Waals surface area contributed by atoms with Crippen LogP contribution in [-0.2, 0) is 10.0 Å². The molecule has 1 saturated heterocycles. The quantitative estimate of drug-likeness (QED) is 0.533. The van der Waals surface area contributed by atoms with Gasteiger partial charge in [-0.15, -0.1) is 0 Å². The van der Waals surface area contributed by atoms with Gasteiger partial charge in [0.05, 0.1) is 9.82 Å². The first-order valence-corrected chi connectivity index (χ1v) is 10.4. The molecule has 1 amide bonds. The third kappa shape index (κ3) is 4.12. The number of sulfonamides is 1. The Labute approximate surface area is 171 Å². The SMILES string of the molecule is O=C(c1cc(Cl)ccc1[N+](=O)[O-])N1CCN(S(=O)(=O)c2ccc(Cl)cc2)CC1. The van der Waals surface area contributed by atoms with Crippen LogP contribution in [0.4, 0.5) is 5.69 Å². The molecule has 0 atom stereocenters. The van der Waals surface area contributed by atoms with E-state index in [1.807, 2.05) is 0 Å². The highest BCUT2D eigenvalue weighted by atomic mass is 35.5.